The van der Waals surface area contributed by atoms with Crippen LogP contribution < -0.4 is 5.73 Å². The fourth-order valence-corrected chi connectivity index (χ4v) is 2.77. The number of hydrogen-bond donors (Lipinski definition) is 1. The van der Waals surface area contributed by atoms with Crippen molar-refractivity contribution in [3.05, 3.63) is 35.4 Å². The van der Waals surface area contributed by atoms with Crippen molar-refractivity contribution in [1.29, 1.82) is 0 Å². The van der Waals surface area contributed by atoms with E-state index in [1.54, 1.807) is 0 Å². The summed E-state index contributed by atoms with van der Waals surface area (Å²) in [4.78, 5) is 0. The smallest absolute Gasteiger partial charge is 0.0409 e. The van der Waals surface area contributed by atoms with E-state index in [1.165, 1.54) is 24.0 Å². The molecule has 0 atom stereocenters. The minimum atomic E-state index is -0.0347. The summed E-state index contributed by atoms with van der Waals surface area (Å²) in [5.74, 6) is 0.715. The van der Waals surface area contributed by atoms with Crippen LogP contribution in [0.2, 0.25) is 0 Å². The Kier molecular flexibility index (Phi) is 3.34. The van der Waals surface area contributed by atoms with E-state index in [2.05, 4.69) is 38.1 Å². The number of nitrogens with two attached hydrogens (primary N) is 1. The molecular weight excluding hydrogens is 194 g/mol. The van der Waals surface area contributed by atoms with E-state index in [0.29, 0.717) is 5.92 Å². The number of hydrogen-bond acceptors (Lipinski definition) is 1. The van der Waals surface area contributed by atoms with Crippen molar-refractivity contribution in [3.63, 3.8) is 0 Å². The van der Waals surface area contributed by atoms with Gasteiger partial charge in [-0.15, -0.1) is 0 Å². The highest BCUT2D eigenvalue weighted by molar-refractivity contribution is 5.30. The maximum absolute atomic E-state index is 6.48. The van der Waals surface area contributed by atoms with Crippen LogP contribution in [0.4, 0.5) is 0 Å². The summed E-state index contributed by atoms with van der Waals surface area (Å²) in [6.45, 7) is 4.53. The van der Waals surface area contributed by atoms with E-state index in [4.69, 9.17) is 5.73 Å². The molecule has 1 aliphatic rings. The van der Waals surface area contributed by atoms with Crippen LogP contribution in [0.25, 0.3) is 0 Å². The lowest BCUT2D eigenvalue weighted by molar-refractivity contribution is 0.461. The summed E-state index contributed by atoms with van der Waals surface area (Å²) >= 11 is 0. The van der Waals surface area contributed by atoms with Gasteiger partial charge in [0.2, 0.25) is 0 Å². The molecule has 1 aromatic carbocycles. The summed E-state index contributed by atoms with van der Waals surface area (Å²) in [5.41, 5.74) is 9.23. The normalized spacial score (nSPS) is 19.2. The standard InChI is InChI=1S/C15H23N/c1-12(2)10-13-6-5-7-14(11-13)15(16)8-3-4-9-15/h5-7,11-12H,3-4,8-10,16H2,1-2H3. The second kappa shape index (κ2) is 4.58. The van der Waals surface area contributed by atoms with E-state index >= 15 is 0 Å². The Morgan fingerprint density at radius 3 is 2.56 bits per heavy atom. The van der Waals surface area contributed by atoms with Crippen molar-refractivity contribution in [2.45, 2.75) is 51.5 Å². The number of benzene rings is 1. The molecule has 1 heteroatoms. The lowest BCUT2D eigenvalue weighted by atomic mass is 9.87. The van der Waals surface area contributed by atoms with Crippen LogP contribution in [0.3, 0.4) is 0 Å². The average molecular weight is 217 g/mol. The zero-order valence-corrected chi connectivity index (χ0v) is 10.5. The van der Waals surface area contributed by atoms with Crippen LogP contribution in [-0.4, -0.2) is 0 Å². The van der Waals surface area contributed by atoms with Crippen molar-refractivity contribution in [3.8, 4) is 0 Å². The SMILES string of the molecule is CC(C)Cc1cccc(C2(N)CCCC2)c1. The van der Waals surface area contributed by atoms with E-state index in [-0.39, 0.29) is 5.54 Å². The second-order valence-corrected chi connectivity index (χ2v) is 5.66. The lowest BCUT2D eigenvalue weighted by Gasteiger charge is -2.25. The molecule has 0 spiro atoms. The first-order valence-corrected chi connectivity index (χ1v) is 6.48. The molecule has 1 fully saturated rings. The largest absolute Gasteiger partial charge is 0.321 e. The Hall–Kier alpha value is -0.820. The van der Waals surface area contributed by atoms with Gasteiger partial charge in [-0.05, 0) is 36.3 Å². The average Bonchev–Trinajstić information content (AvgIpc) is 2.66. The minimum absolute atomic E-state index is 0.0347. The molecule has 1 nitrogen and oxygen atoms in total. The summed E-state index contributed by atoms with van der Waals surface area (Å²) < 4.78 is 0. The zero-order valence-electron chi connectivity index (χ0n) is 10.5. The van der Waals surface area contributed by atoms with Crippen molar-refractivity contribution >= 4 is 0 Å². The molecule has 0 aliphatic heterocycles. The van der Waals surface area contributed by atoms with Gasteiger partial charge >= 0.3 is 0 Å². The molecular formula is C15H23N. The topological polar surface area (TPSA) is 26.0 Å². The van der Waals surface area contributed by atoms with Crippen molar-refractivity contribution in [1.82, 2.24) is 0 Å². The Labute approximate surface area is 99.0 Å². The molecule has 16 heavy (non-hydrogen) atoms. The van der Waals surface area contributed by atoms with Gasteiger partial charge in [-0.1, -0.05) is 51.0 Å². The summed E-state index contributed by atoms with van der Waals surface area (Å²) in [6, 6.07) is 8.92. The predicted molar refractivity (Wildman–Crippen MR) is 69.3 cm³/mol. The summed E-state index contributed by atoms with van der Waals surface area (Å²) in [7, 11) is 0. The molecule has 2 N–H and O–H groups in total. The van der Waals surface area contributed by atoms with Crippen molar-refractivity contribution in [2.24, 2.45) is 11.7 Å². The predicted octanol–water partition coefficient (Wildman–Crippen LogP) is 3.61. The van der Waals surface area contributed by atoms with Gasteiger partial charge in [0.05, 0.1) is 0 Å². The molecule has 1 aromatic rings. The Bertz CT molecular complexity index is 348. The third kappa shape index (κ3) is 2.46. The van der Waals surface area contributed by atoms with Gasteiger partial charge in [0.25, 0.3) is 0 Å². The van der Waals surface area contributed by atoms with E-state index in [1.807, 2.05) is 0 Å². The van der Waals surface area contributed by atoms with Gasteiger partial charge in [-0.3, -0.25) is 0 Å². The molecule has 1 saturated carbocycles. The lowest BCUT2D eigenvalue weighted by Crippen LogP contribution is -2.33. The maximum Gasteiger partial charge on any atom is 0.0409 e. The highest BCUT2D eigenvalue weighted by Crippen LogP contribution is 2.36. The van der Waals surface area contributed by atoms with Crippen molar-refractivity contribution in [2.75, 3.05) is 0 Å². The fourth-order valence-electron chi connectivity index (χ4n) is 2.77. The van der Waals surface area contributed by atoms with Gasteiger partial charge in [0.1, 0.15) is 0 Å². The third-order valence-electron chi connectivity index (χ3n) is 3.64. The molecule has 0 heterocycles. The van der Waals surface area contributed by atoms with Crippen LogP contribution in [-0.2, 0) is 12.0 Å². The van der Waals surface area contributed by atoms with Gasteiger partial charge < -0.3 is 5.73 Å². The van der Waals surface area contributed by atoms with E-state index < -0.39 is 0 Å². The van der Waals surface area contributed by atoms with E-state index in [9.17, 15) is 0 Å². The second-order valence-electron chi connectivity index (χ2n) is 5.66. The van der Waals surface area contributed by atoms with Crippen LogP contribution >= 0.6 is 0 Å². The highest BCUT2D eigenvalue weighted by atomic mass is 14.8. The maximum atomic E-state index is 6.48. The Morgan fingerprint density at radius 1 is 1.25 bits per heavy atom. The van der Waals surface area contributed by atoms with Gasteiger partial charge in [-0.2, -0.15) is 0 Å². The molecule has 0 amide bonds. The van der Waals surface area contributed by atoms with Crippen molar-refractivity contribution < 1.29 is 0 Å². The molecule has 0 radical (unpaired) electrons. The Balaban J connectivity index is 2.21. The number of rotatable bonds is 3. The molecule has 0 aromatic heterocycles. The highest BCUT2D eigenvalue weighted by Gasteiger charge is 2.31. The van der Waals surface area contributed by atoms with Gasteiger partial charge in [0, 0.05) is 5.54 Å². The van der Waals surface area contributed by atoms with Crippen LogP contribution in [0.15, 0.2) is 24.3 Å². The quantitative estimate of drug-likeness (QED) is 0.822. The Morgan fingerprint density at radius 2 is 1.94 bits per heavy atom. The van der Waals surface area contributed by atoms with Gasteiger partial charge in [-0.25, -0.2) is 0 Å². The molecule has 88 valence electrons. The third-order valence-corrected chi connectivity index (χ3v) is 3.64. The van der Waals surface area contributed by atoms with Gasteiger partial charge in [0.15, 0.2) is 0 Å². The van der Waals surface area contributed by atoms with Crippen LogP contribution in [0.1, 0.15) is 50.7 Å². The molecule has 1 aliphatic carbocycles. The molecule has 2 rings (SSSR count). The monoisotopic (exact) mass is 217 g/mol. The summed E-state index contributed by atoms with van der Waals surface area (Å²) in [6.07, 6.45) is 6.02. The summed E-state index contributed by atoms with van der Waals surface area (Å²) in [5, 5.41) is 0. The fraction of sp³-hybridized carbons (Fsp3) is 0.600. The van der Waals surface area contributed by atoms with Crippen LogP contribution in [0.5, 0.6) is 0 Å². The van der Waals surface area contributed by atoms with E-state index in [0.717, 1.165) is 19.3 Å². The first-order valence-electron chi connectivity index (χ1n) is 6.48. The molecule has 0 unspecified atom stereocenters. The minimum Gasteiger partial charge on any atom is -0.321 e. The first kappa shape index (κ1) is 11.7. The molecule has 0 bridgehead atoms. The van der Waals surface area contributed by atoms with Crippen LogP contribution in [0, 0.1) is 5.92 Å². The zero-order chi connectivity index (χ0) is 11.6. The molecule has 0 saturated heterocycles. The first-order chi connectivity index (χ1) is 7.60.